The van der Waals surface area contributed by atoms with Crippen LogP contribution in [0.15, 0.2) is 53.3 Å². The predicted molar refractivity (Wildman–Crippen MR) is 114 cm³/mol. The second-order valence-electron chi connectivity index (χ2n) is 6.44. The zero-order valence-electron chi connectivity index (χ0n) is 15.7. The van der Waals surface area contributed by atoms with E-state index in [9.17, 15) is 4.79 Å². The first-order chi connectivity index (χ1) is 14.0. The van der Waals surface area contributed by atoms with Crippen LogP contribution in [0.25, 0.3) is 0 Å². The molecule has 4 rings (SSSR count). The molecule has 0 saturated carbocycles. The van der Waals surface area contributed by atoms with Crippen molar-refractivity contribution in [2.45, 2.75) is 13.1 Å². The van der Waals surface area contributed by atoms with Crippen LogP contribution >= 0.6 is 23.2 Å². The van der Waals surface area contributed by atoms with E-state index < -0.39 is 6.17 Å². The smallest absolute Gasteiger partial charge is 0.357 e. The highest BCUT2D eigenvalue weighted by atomic mass is 35.5. The third-order valence-corrected chi connectivity index (χ3v) is 5.32. The van der Waals surface area contributed by atoms with E-state index >= 15 is 0 Å². The van der Waals surface area contributed by atoms with Crippen molar-refractivity contribution in [1.82, 2.24) is 9.55 Å². The fourth-order valence-corrected chi connectivity index (χ4v) is 3.55. The summed E-state index contributed by atoms with van der Waals surface area (Å²) < 4.78 is 7.04. The minimum atomic E-state index is -0.552. The molecule has 1 aromatic heterocycles. The van der Waals surface area contributed by atoms with Crippen molar-refractivity contribution in [1.29, 1.82) is 0 Å². The summed E-state index contributed by atoms with van der Waals surface area (Å²) in [6.45, 7) is 1.77. The Morgan fingerprint density at radius 2 is 2.00 bits per heavy atom. The minimum absolute atomic E-state index is 0.191. The van der Waals surface area contributed by atoms with Gasteiger partial charge < -0.3 is 4.74 Å². The van der Waals surface area contributed by atoms with E-state index in [0.717, 1.165) is 5.56 Å². The van der Waals surface area contributed by atoms with Crippen LogP contribution in [0.2, 0.25) is 10.0 Å². The van der Waals surface area contributed by atoms with Gasteiger partial charge in [0.2, 0.25) is 0 Å². The SMILES string of the molecule is COc1ccccc1C1[NH+]=C(Nc2cccc(Cl)c2Cl)Nc2nc(C)cc(=O)n21. The molecule has 3 aromatic rings. The van der Waals surface area contributed by atoms with Gasteiger partial charge >= 0.3 is 5.96 Å². The van der Waals surface area contributed by atoms with Crippen LogP contribution in [-0.2, 0) is 0 Å². The molecule has 2 heterocycles. The Labute approximate surface area is 177 Å². The quantitative estimate of drug-likeness (QED) is 0.594. The van der Waals surface area contributed by atoms with Crippen molar-refractivity contribution in [3.05, 3.63) is 80.2 Å². The van der Waals surface area contributed by atoms with Gasteiger partial charge in [-0.3, -0.25) is 9.79 Å². The molecule has 0 spiro atoms. The molecule has 148 valence electrons. The Balaban J connectivity index is 1.85. The number of anilines is 2. The van der Waals surface area contributed by atoms with Gasteiger partial charge in [-0.25, -0.2) is 20.2 Å². The maximum atomic E-state index is 12.8. The van der Waals surface area contributed by atoms with Gasteiger partial charge in [0.25, 0.3) is 11.5 Å². The molecular formula is C20H18Cl2N5O2+. The molecule has 0 fully saturated rings. The molecule has 1 unspecified atom stereocenters. The normalized spacial score (nSPS) is 15.2. The number of benzene rings is 2. The van der Waals surface area contributed by atoms with Crippen molar-refractivity contribution in [2.75, 3.05) is 17.7 Å². The number of aryl methyl sites for hydroxylation is 1. The molecule has 0 amide bonds. The fourth-order valence-electron chi connectivity index (χ4n) is 3.20. The number of halogens is 2. The molecule has 1 aliphatic heterocycles. The molecule has 0 radical (unpaired) electrons. The molecule has 0 aliphatic carbocycles. The Hall–Kier alpha value is -3.03. The van der Waals surface area contributed by atoms with Crippen LogP contribution in [0.4, 0.5) is 11.6 Å². The van der Waals surface area contributed by atoms with Crippen LogP contribution in [-0.4, -0.2) is 22.6 Å². The summed E-state index contributed by atoms with van der Waals surface area (Å²) in [6.07, 6.45) is -0.552. The summed E-state index contributed by atoms with van der Waals surface area (Å²) >= 11 is 12.4. The van der Waals surface area contributed by atoms with Crippen molar-refractivity contribution >= 4 is 40.8 Å². The number of hydrogen-bond donors (Lipinski definition) is 3. The van der Waals surface area contributed by atoms with E-state index in [1.165, 1.54) is 10.6 Å². The standard InChI is InChI=1S/C20H17Cl2N5O2/c1-11-10-16(28)27-18(12-6-3-4-9-15(12)29-2)25-19(26-20(27)23-11)24-14-8-5-7-13(21)17(14)22/h3-10,18H,1-2H3,(H2,23,24,25,26)/p+1. The van der Waals surface area contributed by atoms with Crippen molar-refractivity contribution in [3.63, 3.8) is 0 Å². The molecule has 3 N–H and O–H groups in total. The minimum Gasteiger partial charge on any atom is -0.496 e. The van der Waals surface area contributed by atoms with E-state index in [2.05, 4.69) is 20.6 Å². The second-order valence-corrected chi connectivity index (χ2v) is 7.23. The number of fused-ring (bicyclic) bond motifs is 1. The van der Waals surface area contributed by atoms with Gasteiger partial charge in [0.15, 0.2) is 6.17 Å². The number of ether oxygens (including phenoxy) is 1. The highest BCUT2D eigenvalue weighted by molar-refractivity contribution is 6.44. The predicted octanol–water partition coefficient (Wildman–Crippen LogP) is 2.39. The zero-order chi connectivity index (χ0) is 20.5. The van der Waals surface area contributed by atoms with Crippen LogP contribution in [0.1, 0.15) is 17.4 Å². The van der Waals surface area contributed by atoms with Gasteiger partial charge in [-0.1, -0.05) is 41.4 Å². The van der Waals surface area contributed by atoms with Gasteiger partial charge in [0, 0.05) is 11.8 Å². The highest BCUT2D eigenvalue weighted by Crippen LogP contribution is 2.30. The lowest BCUT2D eigenvalue weighted by atomic mass is 10.1. The summed E-state index contributed by atoms with van der Waals surface area (Å²) in [5, 5.41) is 7.12. The van der Waals surface area contributed by atoms with Gasteiger partial charge in [-0.05, 0) is 31.2 Å². The first kappa shape index (κ1) is 19.3. The van der Waals surface area contributed by atoms with Crippen LogP contribution in [0.3, 0.4) is 0 Å². The first-order valence-corrected chi connectivity index (χ1v) is 9.58. The maximum Gasteiger partial charge on any atom is 0.357 e. The number of hydrogen-bond acceptors (Lipinski definition) is 5. The summed E-state index contributed by atoms with van der Waals surface area (Å²) in [5.74, 6) is 1.54. The molecule has 7 nitrogen and oxygen atoms in total. The Bertz CT molecular complexity index is 1180. The van der Waals surface area contributed by atoms with Gasteiger partial charge in [-0.2, -0.15) is 0 Å². The first-order valence-electron chi connectivity index (χ1n) is 8.82. The number of methoxy groups -OCH3 is 1. The van der Waals surface area contributed by atoms with E-state index in [0.29, 0.717) is 39.1 Å². The van der Waals surface area contributed by atoms with Crippen LogP contribution in [0, 0.1) is 6.92 Å². The van der Waals surface area contributed by atoms with Crippen LogP contribution < -0.4 is 25.9 Å². The lowest BCUT2D eigenvalue weighted by Crippen LogP contribution is -2.82. The summed E-state index contributed by atoms with van der Waals surface area (Å²) in [5.41, 5.74) is 1.80. The molecule has 1 atom stereocenters. The molecule has 29 heavy (non-hydrogen) atoms. The fraction of sp³-hybridized carbons (Fsp3) is 0.150. The van der Waals surface area contributed by atoms with Gasteiger partial charge in [0.1, 0.15) is 11.4 Å². The van der Waals surface area contributed by atoms with E-state index in [1.807, 2.05) is 24.3 Å². The average Bonchev–Trinajstić information content (AvgIpc) is 2.70. The van der Waals surface area contributed by atoms with Gasteiger partial charge in [0.05, 0.1) is 22.7 Å². The number of guanidine groups is 1. The Morgan fingerprint density at radius 3 is 2.79 bits per heavy atom. The highest BCUT2D eigenvalue weighted by Gasteiger charge is 2.31. The lowest BCUT2D eigenvalue weighted by molar-refractivity contribution is -0.520. The van der Waals surface area contributed by atoms with E-state index in [1.54, 1.807) is 32.2 Å². The number of nitrogens with one attached hydrogen (secondary N) is 3. The topological polar surface area (TPSA) is 82.2 Å². The Morgan fingerprint density at radius 1 is 1.21 bits per heavy atom. The second kappa shape index (κ2) is 7.77. The van der Waals surface area contributed by atoms with Gasteiger partial charge in [-0.15, -0.1) is 0 Å². The lowest BCUT2D eigenvalue weighted by Gasteiger charge is -2.24. The van der Waals surface area contributed by atoms with Crippen molar-refractivity contribution in [2.24, 2.45) is 0 Å². The average molecular weight is 431 g/mol. The monoisotopic (exact) mass is 430 g/mol. The Kier molecular flexibility index (Phi) is 5.17. The summed E-state index contributed by atoms with van der Waals surface area (Å²) in [6, 6.07) is 14.3. The molecule has 2 aromatic carbocycles. The van der Waals surface area contributed by atoms with E-state index in [-0.39, 0.29) is 5.56 Å². The molecule has 0 saturated heterocycles. The number of para-hydroxylation sites is 1. The molecule has 1 aliphatic rings. The molecule has 0 bridgehead atoms. The van der Waals surface area contributed by atoms with Crippen molar-refractivity contribution in [3.8, 4) is 5.75 Å². The van der Waals surface area contributed by atoms with Crippen molar-refractivity contribution < 1.29 is 9.73 Å². The maximum absolute atomic E-state index is 12.8. The molecular weight excluding hydrogens is 413 g/mol. The number of rotatable bonds is 3. The van der Waals surface area contributed by atoms with E-state index in [4.69, 9.17) is 27.9 Å². The van der Waals surface area contributed by atoms with Crippen LogP contribution in [0.5, 0.6) is 5.75 Å². The number of nitrogens with zero attached hydrogens (tertiary/aromatic N) is 2. The zero-order valence-corrected chi connectivity index (χ0v) is 17.2. The summed E-state index contributed by atoms with van der Waals surface area (Å²) in [4.78, 5) is 20.5. The third kappa shape index (κ3) is 3.66. The third-order valence-electron chi connectivity index (χ3n) is 4.50. The number of aromatic nitrogens is 2. The molecule has 9 heteroatoms. The largest absolute Gasteiger partial charge is 0.496 e. The summed E-state index contributed by atoms with van der Waals surface area (Å²) in [7, 11) is 1.59.